The van der Waals surface area contributed by atoms with Gasteiger partial charge in [0.1, 0.15) is 37.0 Å². The molecule has 6 aliphatic rings. The highest BCUT2D eigenvalue weighted by atomic mass is 15.4. The van der Waals surface area contributed by atoms with Crippen LogP contribution in [0.3, 0.4) is 0 Å². The molecule has 19 rings (SSSR count). The molecule has 646 valence electrons. The summed E-state index contributed by atoms with van der Waals surface area (Å²) in [7, 11) is 4.25. The van der Waals surface area contributed by atoms with Crippen molar-refractivity contribution in [3.05, 3.63) is 409 Å². The van der Waals surface area contributed by atoms with Crippen molar-refractivity contribution in [2.45, 2.75) is 186 Å². The van der Waals surface area contributed by atoms with Crippen molar-refractivity contribution in [2.75, 3.05) is 68.0 Å². The minimum absolute atomic E-state index is 0.121. The average molecular weight is 1670 g/mol. The van der Waals surface area contributed by atoms with Gasteiger partial charge >= 0.3 is 0 Å². The maximum atomic E-state index is 2.48. The molecule has 6 atom stereocenters. The molecule has 126 heavy (non-hydrogen) atoms. The van der Waals surface area contributed by atoms with E-state index in [9.17, 15) is 0 Å². The zero-order valence-corrected chi connectivity index (χ0v) is 78.0. The molecule has 0 N–H and O–H groups in total. The fourth-order valence-electron chi connectivity index (χ4n) is 18.3. The first kappa shape index (κ1) is 89.0. The number of hydrogen-bond donors (Lipinski definition) is 0. The van der Waals surface area contributed by atoms with E-state index in [1.54, 1.807) is 0 Å². The van der Waals surface area contributed by atoms with E-state index in [1.807, 2.05) is 6.07 Å². The predicted molar refractivity (Wildman–Crippen MR) is 542 cm³/mol. The third-order valence-corrected chi connectivity index (χ3v) is 25.6. The van der Waals surface area contributed by atoms with E-state index in [4.69, 9.17) is 0 Å². The number of fused-ring (bicyclic) bond motifs is 3. The monoisotopic (exact) mass is 1670 g/mol. The SMILES string of the molecule is Cc1ccccc1N1C=CN(C)[C@@H]1C.Cc1ccccc1N1C=CN(c2c(C(C)C)cccc2C(C)C)[C@@H]1C.Cc1ccccc1N1C=CN(c2ccccc2)[C@@H]1C.Cc1ccccc1N1c2cc(C(C)(C)C)ccc2N(c2ccccc2)[C@@H]1C.Cc1ccccc1N1c2ccccc2N(C)[C@@H]1C.Cc1ccccc1N1c2ccccc2N(c2ccccc2)[C@@H]1C. The lowest BCUT2D eigenvalue weighted by molar-refractivity contribution is 0.383. The molecule has 0 amide bonds. The van der Waals surface area contributed by atoms with Gasteiger partial charge in [-0.2, -0.15) is 0 Å². The van der Waals surface area contributed by atoms with E-state index in [1.165, 1.54) is 141 Å². The van der Waals surface area contributed by atoms with Crippen LogP contribution in [0.4, 0.5) is 91.0 Å². The fraction of sp³-hybridized carbons (Fsp3) is 0.263. The second-order valence-electron chi connectivity index (χ2n) is 35.6. The van der Waals surface area contributed by atoms with E-state index in [0.717, 1.165) is 0 Å². The lowest BCUT2D eigenvalue weighted by Gasteiger charge is -2.34. The van der Waals surface area contributed by atoms with Crippen LogP contribution < -0.4 is 53.9 Å². The summed E-state index contributed by atoms with van der Waals surface area (Å²) in [4.78, 5) is 28.4. The standard InChI is InChI=1S/C25H28N2.C23H30N2.C21H20N2.C17H18N2.C16H18N2.C12H16N2/c1-18-11-9-10-14-22(18)27-19(2)26(21-12-7-6-8-13-21)23-16-15-20(17-24(23)27)25(3,4)5;1-16(2)20-11-9-12-21(17(3)4)23(20)25-15-14-24(19(25)6)22-13-8-7-10-18(22)5;1-16-10-6-7-13-19(16)23-17(2)22(18-11-4-3-5-12-18)20-14-8-9-15-21(20)23;1-14-8-6-7-11-17(14)19-13-12-18(15(19)2)16-9-4-3-5-10-16;1-12-8-4-5-9-14(12)18-13(2)17(3)15-10-6-7-11-16(15)18;1-10-6-4-5-7-12(10)14-9-8-13(3)11(14)2/h6-17,19H,1-5H3;7-17,19H,1-6H3;3-15,17H,1-2H3;3-13,15H,1-2H3;4-11,13H,1-3H3;4-9,11H,1-3H3/t2*19-;17-;15-;13-;11-/m010000/s1. The van der Waals surface area contributed by atoms with Crippen LogP contribution in [-0.2, 0) is 5.41 Å². The Labute approximate surface area is 753 Å². The van der Waals surface area contributed by atoms with Gasteiger partial charge in [-0.05, 0) is 260 Å². The summed E-state index contributed by atoms with van der Waals surface area (Å²) in [6.07, 6.45) is 14.8. The number of aryl methyl sites for hydroxylation is 6. The quantitative estimate of drug-likeness (QED) is 0.117. The first-order chi connectivity index (χ1) is 60.7. The lowest BCUT2D eigenvalue weighted by Crippen LogP contribution is -2.37. The maximum absolute atomic E-state index is 2.48. The van der Waals surface area contributed by atoms with Crippen molar-refractivity contribution in [1.29, 1.82) is 0 Å². The highest BCUT2D eigenvalue weighted by Crippen LogP contribution is 2.52. The average Bonchev–Trinajstić information content (AvgIpc) is 1.60. The molecule has 13 aromatic carbocycles. The molecule has 0 saturated heterocycles. The highest BCUT2D eigenvalue weighted by molar-refractivity contribution is 5.91. The van der Waals surface area contributed by atoms with Crippen LogP contribution in [0.2, 0.25) is 0 Å². The number of nitrogens with zero attached hydrogens (tertiary/aromatic N) is 12. The zero-order valence-electron chi connectivity index (χ0n) is 78.0. The van der Waals surface area contributed by atoms with E-state index >= 15 is 0 Å². The Morgan fingerprint density at radius 2 is 0.516 bits per heavy atom. The Morgan fingerprint density at radius 1 is 0.230 bits per heavy atom. The van der Waals surface area contributed by atoms with Crippen molar-refractivity contribution in [3.8, 4) is 0 Å². The van der Waals surface area contributed by atoms with Crippen LogP contribution in [0.25, 0.3) is 0 Å². The van der Waals surface area contributed by atoms with Gasteiger partial charge in [0.2, 0.25) is 0 Å². The Bertz CT molecular complexity index is 5880. The van der Waals surface area contributed by atoms with E-state index in [2.05, 4.69) is 557 Å². The molecule has 0 saturated carbocycles. The first-order valence-corrected chi connectivity index (χ1v) is 45.1. The molecular formula is C114H130N12. The van der Waals surface area contributed by atoms with E-state index in [-0.39, 0.29) is 23.9 Å². The molecule has 0 bridgehead atoms. The second-order valence-corrected chi connectivity index (χ2v) is 35.6. The van der Waals surface area contributed by atoms with Crippen LogP contribution in [0.1, 0.15) is 152 Å². The molecule has 0 aromatic heterocycles. The first-order valence-electron chi connectivity index (χ1n) is 45.1. The number of rotatable bonds is 12. The largest absolute Gasteiger partial charge is 0.359 e. The van der Waals surface area contributed by atoms with Gasteiger partial charge < -0.3 is 58.8 Å². The van der Waals surface area contributed by atoms with Crippen LogP contribution in [-0.4, -0.2) is 56.0 Å². The molecule has 0 aliphatic carbocycles. The van der Waals surface area contributed by atoms with Gasteiger partial charge in [0.05, 0.1) is 34.1 Å². The summed E-state index contributed by atoms with van der Waals surface area (Å²) in [6, 6.07) is 114. The van der Waals surface area contributed by atoms with E-state index < -0.39 is 0 Å². The summed E-state index contributed by atoms with van der Waals surface area (Å²) >= 11 is 0. The van der Waals surface area contributed by atoms with Gasteiger partial charge in [0, 0.05) is 108 Å². The number of benzene rings is 13. The van der Waals surface area contributed by atoms with Gasteiger partial charge in [0.15, 0.2) is 0 Å². The van der Waals surface area contributed by atoms with E-state index in [0.29, 0.717) is 30.3 Å². The van der Waals surface area contributed by atoms with Gasteiger partial charge in [-0.25, -0.2) is 0 Å². The van der Waals surface area contributed by atoms with Crippen LogP contribution in [0.5, 0.6) is 0 Å². The van der Waals surface area contributed by atoms with Gasteiger partial charge in [0.25, 0.3) is 0 Å². The van der Waals surface area contributed by atoms with Gasteiger partial charge in [-0.3, -0.25) is 0 Å². The minimum atomic E-state index is 0.121. The molecule has 0 radical (unpaired) electrons. The van der Waals surface area contributed by atoms with Gasteiger partial charge in [-0.1, -0.05) is 261 Å². The molecular weight excluding hydrogens is 1540 g/mol. The Kier molecular flexibility index (Phi) is 27.7. The highest BCUT2D eigenvalue weighted by Gasteiger charge is 2.39. The van der Waals surface area contributed by atoms with Gasteiger partial charge in [-0.15, -0.1) is 0 Å². The number of hydrogen-bond acceptors (Lipinski definition) is 12. The third kappa shape index (κ3) is 18.7. The molecule has 6 heterocycles. The number of anilines is 16. The topological polar surface area (TPSA) is 38.9 Å². The van der Waals surface area contributed by atoms with Crippen molar-refractivity contribution in [3.63, 3.8) is 0 Å². The predicted octanol–water partition coefficient (Wildman–Crippen LogP) is 29.6. The molecule has 0 unspecified atom stereocenters. The Balaban J connectivity index is 0.000000124. The van der Waals surface area contributed by atoms with Crippen molar-refractivity contribution < 1.29 is 0 Å². The Hall–Kier alpha value is -13.3. The summed E-state index contributed by atoms with van der Waals surface area (Å²) in [6.45, 7) is 42.5. The molecule has 6 aliphatic heterocycles. The fourth-order valence-corrected chi connectivity index (χ4v) is 18.3. The molecule has 0 spiro atoms. The lowest BCUT2D eigenvalue weighted by atomic mass is 9.86. The van der Waals surface area contributed by atoms with Crippen LogP contribution >= 0.6 is 0 Å². The Morgan fingerprint density at radius 3 is 0.889 bits per heavy atom. The molecule has 12 heteroatoms. The summed E-state index contributed by atoms with van der Waals surface area (Å²) in [5, 5.41) is 0. The smallest absolute Gasteiger partial charge is 0.108 e. The van der Waals surface area contributed by atoms with Crippen molar-refractivity contribution >= 4 is 91.0 Å². The summed E-state index contributed by atoms with van der Waals surface area (Å²) in [5.74, 6) is 1.00. The van der Waals surface area contributed by atoms with Crippen LogP contribution in [0, 0.1) is 41.5 Å². The van der Waals surface area contributed by atoms with Crippen molar-refractivity contribution in [1.82, 2.24) is 4.90 Å². The molecule has 12 nitrogen and oxygen atoms in total. The normalized spacial score (nSPS) is 17.6. The second kappa shape index (κ2) is 39.3. The zero-order chi connectivity index (χ0) is 89.2. The van der Waals surface area contributed by atoms with Crippen LogP contribution in [0.15, 0.2) is 359 Å². The third-order valence-electron chi connectivity index (χ3n) is 25.6. The summed E-state index contributed by atoms with van der Waals surface area (Å²) < 4.78 is 0. The molecule has 13 aromatic rings. The molecule has 0 fully saturated rings. The minimum Gasteiger partial charge on any atom is -0.359 e. The number of para-hydroxylation sites is 14. The maximum Gasteiger partial charge on any atom is 0.108 e. The van der Waals surface area contributed by atoms with Crippen molar-refractivity contribution in [2.24, 2.45) is 0 Å². The summed E-state index contributed by atoms with van der Waals surface area (Å²) in [5.41, 5.74) is 32.6.